The van der Waals surface area contributed by atoms with Gasteiger partial charge >= 0.3 is 0 Å². The van der Waals surface area contributed by atoms with Crippen molar-refractivity contribution in [3.63, 3.8) is 0 Å². The van der Waals surface area contributed by atoms with Crippen molar-refractivity contribution in [2.45, 2.75) is 32.4 Å². The number of nitrogens with zero attached hydrogens (tertiary/aromatic N) is 3. The Hall–Kier alpha value is -0.870. The van der Waals surface area contributed by atoms with Gasteiger partial charge in [0.2, 0.25) is 0 Å². The summed E-state index contributed by atoms with van der Waals surface area (Å²) in [5, 5.41) is 13.2. The Morgan fingerprint density at radius 1 is 1.60 bits per heavy atom. The van der Waals surface area contributed by atoms with Gasteiger partial charge in [0.25, 0.3) is 0 Å². The van der Waals surface area contributed by atoms with Crippen molar-refractivity contribution in [2.75, 3.05) is 13.2 Å². The highest BCUT2D eigenvalue weighted by atomic mass is 16.3. The molecule has 0 unspecified atom stereocenters. The lowest BCUT2D eigenvalue weighted by atomic mass is 10.2. The lowest BCUT2D eigenvalue weighted by Crippen LogP contribution is -2.28. The summed E-state index contributed by atoms with van der Waals surface area (Å²) in [5.41, 5.74) is 2.50. The second-order valence-electron chi connectivity index (χ2n) is 4.30. The van der Waals surface area contributed by atoms with Crippen LogP contribution < -0.4 is 0 Å². The molecular weight excluding hydrogens is 190 g/mol. The van der Waals surface area contributed by atoms with Gasteiger partial charge < -0.3 is 5.11 Å². The van der Waals surface area contributed by atoms with Gasteiger partial charge in [0, 0.05) is 37.4 Å². The van der Waals surface area contributed by atoms with Gasteiger partial charge in [-0.05, 0) is 19.8 Å². The van der Waals surface area contributed by atoms with E-state index in [1.807, 2.05) is 17.9 Å². The first-order valence-electron chi connectivity index (χ1n) is 5.54. The van der Waals surface area contributed by atoms with E-state index in [4.69, 9.17) is 5.11 Å². The molecule has 1 fully saturated rings. The minimum absolute atomic E-state index is 0.246. The van der Waals surface area contributed by atoms with E-state index in [2.05, 4.69) is 16.9 Å². The predicted molar refractivity (Wildman–Crippen MR) is 58.5 cm³/mol. The Morgan fingerprint density at radius 2 is 2.33 bits per heavy atom. The Balaban J connectivity index is 2.01. The largest absolute Gasteiger partial charge is 0.395 e. The highest BCUT2D eigenvalue weighted by Crippen LogP contribution is 2.28. The summed E-state index contributed by atoms with van der Waals surface area (Å²) in [6.45, 7) is 4.03. The molecule has 1 aromatic rings. The molecule has 0 aliphatic heterocycles. The van der Waals surface area contributed by atoms with Crippen molar-refractivity contribution in [3.05, 3.63) is 17.5 Å². The molecule has 15 heavy (non-hydrogen) atoms. The van der Waals surface area contributed by atoms with Crippen LogP contribution in [0.25, 0.3) is 0 Å². The third-order valence-corrected chi connectivity index (χ3v) is 3.16. The summed E-state index contributed by atoms with van der Waals surface area (Å²) in [6, 6.07) is 0.691. The van der Waals surface area contributed by atoms with E-state index in [-0.39, 0.29) is 6.61 Å². The van der Waals surface area contributed by atoms with Crippen LogP contribution in [0.5, 0.6) is 0 Å². The Labute approximate surface area is 90.5 Å². The van der Waals surface area contributed by atoms with Gasteiger partial charge in [-0.15, -0.1) is 0 Å². The van der Waals surface area contributed by atoms with E-state index in [1.54, 1.807) is 0 Å². The van der Waals surface area contributed by atoms with Crippen molar-refractivity contribution >= 4 is 0 Å². The fourth-order valence-electron chi connectivity index (χ4n) is 1.88. The number of aliphatic hydroxyl groups excluding tert-OH is 1. The SMILES string of the molecule is Cc1c(CN(CCO)C2CC2)cnn1C. The van der Waals surface area contributed by atoms with Gasteiger partial charge in [0.15, 0.2) is 0 Å². The van der Waals surface area contributed by atoms with Gasteiger partial charge in [-0.25, -0.2) is 0 Å². The molecule has 1 saturated carbocycles. The second kappa shape index (κ2) is 4.33. The van der Waals surface area contributed by atoms with E-state index in [1.165, 1.54) is 24.1 Å². The van der Waals surface area contributed by atoms with Crippen molar-refractivity contribution < 1.29 is 5.11 Å². The quantitative estimate of drug-likeness (QED) is 0.775. The van der Waals surface area contributed by atoms with E-state index in [0.717, 1.165) is 13.1 Å². The summed E-state index contributed by atoms with van der Waals surface area (Å²) in [6.07, 6.45) is 4.49. The number of aryl methyl sites for hydroxylation is 1. The monoisotopic (exact) mass is 209 g/mol. The van der Waals surface area contributed by atoms with Crippen LogP contribution in [-0.2, 0) is 13.6 Å². The maximum atomic E-state index is 9.00. The van der Waals surface area contributed by atoms with Gasteiger partial charge in [0.05, 0.1) is 12.8 Å². The molecule has 84 valence electrons. The molecule has 2 rings (SSSR count). The van der Waals surface area contributed by atoms with Crippen molar-refractivity contribution in [1.29, 1.82) is 0 Å². The van der Waals surface area contributed by atoms with Crippen LogP contribution in [-0.4, -0.2) is 39.0 Å². The Kier molecular flexibility index (Phi) is 3.07. The lowest BCUT2D eigenvalue weighted by molar-refractivity contribution is 0.183. The van der Waals surface area contributed by atoms with Crippen LogP contribution in [0.4, 0.5) is 0 Å². The Bertz CT molecular complexity index is 331. The molecule has 0 spiro atoms. The van der Waals surface area contributed by atoms with Gasteiger partial charge in [0.1, 0.15) is 0 Å². The summed E-state index contributed by atoms with van der Waals surface area (Å²) in [5.74, 6) is 0. The maximum absolute atomic E-state index is 9.00. The second-order valence-corrected chi connectivity index (χ2v) is 4.30. The number of aromatic nitrogens is 2. The van der Waals surface area contributed by atoms with Gasteiger partial charge in [-0.1, -0.05) is 0 Å². The molecule has 0 atom stereocenters. The van der Waals surface area contributed by atoms with E-state index >= 15 is 0 Å². The molecule has 0 radical (unpaired) electrons. The normalized spacial score (nSPS) is 16.3. The predicted octanol–water partition coefficient (Wildman–Crippen LogP) is 0.685. The standard InChI is InChI=1S/C11H19N3O/c1-9-10(7-12-13(9)2)8-14(5-6-15)11-3-4-11/h7,11,15H,3-6,8H2,1-2H3. The topological polar surface area (TPSA) is 41.3 Å². The minimum Gasteiger partial charge on any atom is -0.395 e. The summed E-state index contributed by atoms with van der Waals surface area (Å²) < 4.78 is 1.90. The molecular formula is C11H19N3O. The maximum Gasteiger partial charge on any atom is 0.0558 e. The van der Waals surface area contributed by atoms with Crippen LogP contribution in [0.15, 0.2) is 6.20 Å². The van der Waals surface area contributed by atoms with Gasteiger partial charge in [-0.3, -0.25) is 9.58 Å². The smallest absolute Gasteiger partial charge is 0.0558 e. The third-order valence-electron chi connectivity index (χ3n) is 3.16. The number of hydrogen-bond donors (Lipinski definition) is 1. The zero-order valence-electron chi connectivity index (χ0n) is 9.48. The summed E-state index contributed by atoms with van der Waals surface area (Å²) in [4.78, 5) is 2.35. The molecule has 1 aliphatic rings. The molecule has 0 bridgehead atoms. The van der Waals surface area contributed by atoms with E-state index < -0.39 is 0 Å². The summed E-state index contributed by atoms with van der Waals surface area (Å²) >= 11 is 0. The first kappa shape index (κ1) is 10.6. The minimum atomic E-state index is 0.246. The molecule has 1 aromatic heterocycles. The fourth-order valence-corrected chi connectivity index (χ4v) is 1.88. The number of hydrogen-bond acceptors (Lipinski definition) is 3. The molecule has 1 heterocycles. The number of aliphatic hydroxyl groups is 1. The molecule has 1 N–H and O–H groups in total. The number of rotatable bonds is 5. The average Bonchev–Trinajstić information content (AvgIpc) is 3.00. The lowest BCUT2D eigenvalue weighted by Gasteiger charge is -2.20. The zero-order valence-corrected chi connectivity index (χ0v) is 9.48. The van der Waals surface area contributed by atoms with Gasteiger partial charge in [-0.2, -0.15) is 5.10 Å². The van der Waals surface area contributed by atoms with Crippen LogP contribution in [0.1, 0.15) is 24.1 Å². The Morgan fingerprint density at radius 3 is 2.80 bits per heavy atom. The van der Waals surface area contributed by atoms with E-state index in [0.29, 0.717) is 6.04 Å². The van der Waals surface area contributed by atoms with Crippen molar-refractivity contribution in [1.82, 2.24) is 14.7 Å². The molecule has 4 nitrogen and oxygen atoms in total. The van der Waals surface area contributed by atoms with Crippen LogP contribution in [0.2, 0.25) is 0 Å². The highest BCUT2D eigenvalue weighted by Gasteiger charge is 2.28. The fraction of sp³-hybridized carbons (Fsp3) is 0.727. The average molecular weight is 209 g/mol. The zero-order chi connectivity index (χ0) is 10.8. The molecule has 0 aromatic carbocycles. The first-order valence-corrected chi connectivity index (χ1v) is 5.54. The molecule has 1 aliphatic carbocycles. The highest BCUT2D eigenvalue weighted by molar-refractivity contribution is 5.16. The van der Waals surface area contributed by atoms with Crippen LogP contribution in [0.3, 0.4) is 0 Å². The molecule has 0 amide bonds. The molecule has 0 saturated heterocycles. The van der Waals surface area contributed by atoms with Crippen molar-refractivity contribution in [2.24, 2.45) is 7.05 Å². The van der Waals surface area contributed by atoms with Crippen LogP contribution in [0, 0.1) is 6.92 Å². The van der Waals surface area contributed by atoms with E-state index in [9.17, 15) is 0 Å². The summed E-state index contributed by atoms with van der Waals surface area (Å²) in [7, 11) is 1.96. The third kappa shape index (κ3) is 2.38. The molecule has 4 heteroatoms. The first-order chi connectivity index (χ1) is 7.22. The van der Waals surface area contributed by atoms with Crippen molar-refractivity contribution in [3.8, 4) is 0 Å². The van der Waals surface area contributed by atoms with Crippen LogP contribution >= 0.6 is 0 Å².